The smallest absolute Gasteiger partial charge is 0.121 e. The zero-order valence-corrected chi connectivity index (χ0v) is 40.5. The summed E-state index contributed by atoms with van der Waals surface area (Å²) in [5.74, 6) is 1.05. The number of benzene rings is 7. The number of pyridine rings is 1. The van der Waals surface area contributed by atoms with Crippen LogP contribution in [0.4, 0.5) is 4.39 Å². The van der Waals surface area contributed by atoms with E-state index in [1.807, 2.05) is 48.7 Å². The molecule has 0 N–H and O–H groups in total. The number of rotatable bonds is 7. The largest absolute Gasteiger partial charge is 0.501 e. The molecular weight excluding hydrogens is 992 g/mol. The number of fused-ring (bicyclic) bond motifs is 4. The minimum absolute atomic E-state index is 0. The molecule has 3 aromatic heterocycles. The van der Waals surface area contributed by atoms with Crippen molar-refractivity contribution in [3.8, 4) is 56.7 Å². The normalized spacial score (nSPS) is 11.5. The molecule has 7 heteroatoms. The summed E-state index contributed by atoms with van der Waals surface area (Å²) in [5, 5.41) is 11.5. The van der Waals surface area contributed by atoms with E-state index in [4.69, 9.17) is 9.40 Å². The molecule has 5 nitrogen and oxygen atoms in total. The number of nitriles is 1. The Morgan fingerprint density at radius 2 is 1.41 bits per heavy atom. The number of furan rings is 1. The molecule has 10 rings (SSSR count). The van der Waals surface area contributed by atoms with E-state index >= 15 is 0 Å². The van der Waals surface area contributed by atoms with Gasteiger partial charge in [-0.2, -0.15) is 5.26 Å². The fourth-order valence-corrected chi connectivity index (χ4v) is 8.45. The van der Waals surface area contributed by atoms with Crippen molar-refractivity contribution in [2.24, 2.45) is 0 Å². The molecule has 0 amide bonds. The standard InChI is InChI=1S/C44H34N3O.C15H15FN.Ir/c1-27(2)37-23-33(30-13-6-5-7-14-30)24-38(28(3)4)42(37)47-40-19-9-8-18-39(40)46-44(47)36-17-11-16-35-34-21-20-32(25-41(34)48-43(35)36)31-15-10-12-29(22-31)26-45;1-15(2,3)12-6-9-14(17-10-12)11-4-7-13(16)8-5-11;/h5-16,18-25,27-28H,1-4H3;4,6-10H,1-3H3;/q2*-1;. The number of nitrogens with zero attached hydrogens (tertiary/aromatic N) is 4. The van der Waals surface area contributed by atoms with Gasteiger partial charge in [0.05, 0.1) is 34.1 Å². The van der Waals surface area contributed by atoms with E-state index in [1.54, 1.807) is 6.07 Å². The molecule has 0 saturated carbocycles. The third kappa shape index (κ3) is 9.00. The first-order valence-corrected chi connectivity index (χ1v) is 22.1. The van der Waals surface area contributed by atoms with E-state index in [9.17, 15) is 9.65 Å². The van der Waals surface area contributed by atoms with Crippen LogP contribution in [0.2, 0.25) is 0 Å². The molecule has 0 atom stereocenters. The topological polar surface area (TPSA) is 67.6 Å². The van der Waals surface area contributed by atoms with E-state index in [1.165, 1.54) is 45.6 Å². The maximum atomic E-state index is 12.8. The molecule has 0 aliphatic carbocycles. The average Bonchev–Trinajstić information content (AvgIpc) is 3.90. The van der Waals surface area contributed by atoms with E-state index in [-0.39, 0.29) is 43.2 Å². The van der Waals surface area contributed by atoms with Crippen LogP contribution in [-0.4, -0.2) is 14.5 Å². The first-order valence-electron chi connectivity index (χ1n) is 22.1. The average molecular weight is 1040 g/mol. The predicted molar refractivity (Wildman–Crippen MR) is 264 cm³/mol. The van der Waals surface area contributed by atoms with Crippen molar-refractivity contribution < 1.29 is 28.9 Å². The summed E-state index contributed by atoms with van der Waals surface area (Å²) in [5.41, 5.74) is 16.0. The van der Waals surface area contributed by atoms with Crippen LogP contribution >= 0.6 is 0 Å². The Kier molecular flexibility index (Phi) is 13.0. The fourth-order valence-electron chi connectivity index (χ4n) is 8.45. The van der Waals surface area contributed by atoms with Crippen molar-refractivity contribution in [3.05, 3.63) is 198 Å². The van der Waals surface area contributed by atoms with Crippen molar-refractivity contribution in [2.75, 3.05) is 0 Å². The third-order valence-electron chi connectivity index (χ3n) is 12.0. The van der Waals surface area contributed by atoms with Crippen LogP contribution in [-0.2, 0) is 25.5 Å². The van der Waals surface area contributed by atoms with Gasteiger partial charge in [-0.15, -0.1) is 48.0 Å². The van der Waals surface area contributed by atoms with Gasteiger partial charge in [0, 0.05) is 43.2 Å². The third-order valence-corrected chi connectivity index (χ3v) is 12.0. The summed E-state index contributed by atoms with van der Waals surface area (Å²) in [6.07, 6.45) is 1.87. The Morgan fingerprint density at radius 1 is 0.697 bits per heavy atom. The van der Waals surface area contributed by atoms with Gasteiger partial charge >= 0.3 is 0 Å². The van der Waals surface area contributed by atoms with Gasteiger partial charge in [0.1, 0.15) is 5.58 Å². The molecule has 7 aromatic carbocycles. The van der Waals surface area contributed by atoms with Gasteiger partial charge in [-0.25, -0.2) is 0 Å². The molecule has 3 heterocycles. The molecule has 0 fully saturated rings. The molecular formula is C59H49FIrN4O-2. The Labute approximate surface area is 400 Å². The molecule has 0 saturated heterocycles. The Balaban J connectivity index is 0.000000278. The van der Waals surface area contributed by atoms with Crippen molar-refractivity contribution in [3.63, 3.8) is 0 Å². The van der Waals surface area contributed by atoms with Gasteiger partial charge in [0.2, 0.25) is 0 Å². The minimum atomic E-state index is -0.278. The summed E-state index contributed by atoms with van der Waals surface area (Å²) >= 11 is 0. The molecule has 10 aromatic rings. The summed E-state index contributed by atoms with van der Waals surface area (Å²) in [6, 6.07) is 58.8. The van der Waals surface area contributed by atoms with Crippen molar-refractivity contribution in [2.45, 2.75) is 65.7 Å². The first-order chi connectivity index (χ1) is 31.4. The fraction of sp³-hybridized carbons (Fsp3) is 0.169. The van der Waals surface area contributed by atoms with Crippen LogP contribution in [0.3, 0.4) is 0 Å². The number of halogens is 1. The molecule has 1 radical (unpaired) electrons. The molecule has 66 heavy (non-hydrogen) atoms. The van der Waals surface area contributed by atoms with Crippen LogP contribution in [0, 0.1) is 29.3 Å². The molecule has 0 aliphatic heterocycles. The van der Waals surface area contributed by atoms with Gasteiger partial charge in [-0.3, -0.25) is 9.37 Å². The van der Waals surface area contributed by atoms with Gasteiger partial charge < -0.3 is 14.0 Å². The molecule has 329 valence electrons. The summed E-state index contributed by atoms with van der Waals surface area (Å²) in [6.45, 7) is 15.5. The first kappa shape index (κ1) is 45.6. The van der Waals surface area contributed by atoms with E-state index in [0.29, 0.717) is 5.56 Å². The quantitative estimate of drug-likeness (QED) is 0.149. The van der Waals surface area contributed by atoms with Crippen LogP contribution in [0.25, 0.3) is 83.6 Å². The second-order valence-corrected chi connectivity index (χ2v) is 18.1. The number of aromatic nitrogens is 3. The summed E-state index contributed by atoms with van der Waals surface area (Å²) < 4.78 is 21.8. The zero-order valence-electron chi connectivity index (χ0n) is 38.1. The Morgan fingerprint density at radius 3 is 2.08 bits per heavy atom. The van der Waals surface area contributed by atoms with Gasteiger partial charge in [0.25, 0.3) is 0 Å². The molecule has 0 unspecified atom stereocenters. The number of hydrogen-bond acceptors (Lipinski definition) is 4. The van der Waals surface area contributed by atoms with Crippen LogP contribution in [0.15, 0.2) is 162 Å². The van der Waals surface area contributed by atoms with E-state index in [2.05, 4.69) is 167 Å². The van der Waals surface area contributed by atoms with Gasteiger partial charge in [0.15, 0.2) is 0 Å². The molecule has 0 bridgehead atoms. The van der Waals surface area contributed by atoms with Crippen molar-refractivity contribution in [1.29, 1.82) is 5.26 Å². The number of para-hydroxylation sites is 2. The SMILES string of the molecule is CC(C)(C)c1ccc(-c2[c-]cc(F)cc2)nc1.CC(C)c1cc(-c2ccccc2)cc(C(C)C)c1-n1c(-c2[c-]ccc3c2oc2cc(-c4cccc(C#N)c4)ccc23)nc2ccccc21.[Ir]. The second-order valence-electron chi connectivity index (χ2n) is 18.1. The van der Waals surface area contributed by atoms with Gasteiger partial charge in [-0.05, 0) is 104 Å². The second kappa shape index (κ2) is 18.9. The van der Waals surface area contributed by atoms with Crippen LogP contribution in [0.5, 0.6) is 0 Å². The van der Waals surface area contributed by atoms with Gasteiger partial charge in [-0.1, -0.05) is 138 Å². The van der Waals surface area contributed by atoms with E-state index in [0.717, 1.165) is 66.7 Å². The number of hydrogen-bond donors (Lipinski definition) is 0. The van der Waals surface area contributed by atoms with E-state index < -0.39 is 0 Å². The molecule has 0 aliphatic rings. The van der Waals surface area contributed by atoms with Crippen molar-refractivity contribution in [1.82, 2.24) is 14.5 Å². The van der Waals surface area contributed by atoms with Crippen molar-refractivity contribution >= 4 is 33.0 Å². The molecule has 0 spiro atoms. The monoisotopic (exact) mass is 1040 g/mol. The Hall–Kier alpha value is -6.97. The minimum Gasteiger partial charge on any atom is -0.501 e. The predicted octanol–water partition coefficient (Wildman–Crippen LogP) is 15.8. The summed E-state index contributed by atoms with van der Waals surface area (Å²) in [7, 11) is 0. The number of imidazole rings is 1. The maximum Gasteiger partial charge on any atom is 0.121 e. The van der Waals surface area contributed by atoms with Crippen LogP contribution in [0.1, 0.15) is 82.6 Å². The maximum absolute atomic E-state index is 12.8. The Bertz CT molecular complexity index is 3340. The summed E-state index contributed by atoms with van der Waals surface area (Å²) in [4.78, 5) is 9.68. The van der Waals surface area contributed by atoms with Crippen LogP contribution < -0.4 is 0 Å². The zero-order chi connectivity index (χ0) is 45.4.